The highest BCUT2D eigenvalue weighted by Crippen LogP contribution is 2.41. The lowest BCUT2D eigenvalue weighted by atomic mass is 9.98. The fraction of sp³-hybridized carbons (Fsp3) is 0.486. The number of sulfonamides is 1. The van der Waals surface area contributed by atoms with E-state index in [2.05, 4.69) is 4.84 Å². The number of likely N-dealkylation sites (tertiary alicyclic amines) is 1. The number of alkyl halides is 5. The van der Waals surface area contributed by atoms with Gasteiger partial charge in [-0.05, 0) is 96.6 Å². The molecule has 0 unspecified atom stereocenters. The topological polar surface area (TPSA) is 128 Å². The molecule has 0 bridgehead atoms. The van der Waals surface area contributed by atoms with E-state index in [0.717, 1.165) is 61.3 Å². The van der Waals surface area contributed by atoms with Gasteiger partial charge in [0.15, 0.2) is 0 Å². The first-order valence-electron chi connectivity index (χ1n) is 16.8. The van der Waals surface area contributed by atoms with E-state index < -0.39 is 61.0 Å². The van der Waals surface area contributed by atoms with Crippen LogP contribution in [0.1, 0.15) is 63.9 Å². The third kappa shape index (κ3) is 8.90. The van der Waals surface area contributed by atoms with Gasteiger partial charge in [-0.15, -0.1) is 0 Å². The van der Waals surface area contributed by atoms with E-state index in [1.165, 1.54) is 24.3 Å². The van der Waals surface area contributed by atoms with Gasteiger partial charge in [0, 0.05) is 24.7 Å². The van der Waals surface area contributed by atoms with Crippen LogP contribution in [0, 0.1) is 0 Å². The molecule has 1 aliphatic heterocycles. The first-order chi connectivity index (χ1) is 24.1. The van der Waals surface area contributed by atoms with Gasteiger partial charge in [-0.1, -0.05) is 37.6 Å². The van der Waals surface area contributed by atoms with Crippen LogP contribution in [0.5, 0.6) is 11.5 Å². The molecule has 3 aromatic carbocycles. The van der Waals surface area contributed by atoms with Crippen LogP contribution in [0.15, 0.2) is 65.6 Å². The van der Waals surface area contributed by atoms with Gasteiger partial charge in [-0.2, -0.15) is 22.0 Å². The lowest BCUT2D eigenvalue weighted by Crippen LogP contribution is -2.60. The van der Waals surface area contributed by atoms with Crippen molar-refractivity contribution in [3.05, 3.63) is 66.2 Å². The van der Waals surface area contributed by atoms with Crippen LogP contribution in [0.4, 0.5) is 22.0 Å². The van der Waals surface area contributed by atoms with Crippen molar-refractivity contribution in [3.8, 4) is 11.5 Å². The number of ether oxygens (including phenoxy) is 2. The first-order valence-corrected chi connectivity index (χ1v) is 18.2. The van der Waals surface area contributed by atoms with Gasteiger partial charge in [-0.25, -0.2) is 13.2 Å². The molecular formula is C35H40F5N3O7S. The molecule has 1 atom stereocenters. The number of unbranched alkanes of at least 4 members (excludes halogenated alkanes) is 1. The van der Waals surface area contributed by atoms with E-state index in [9.17, 15) is 31.2 Å². The van der Waals surface area contributed by atoms with Crippen molar-refractivity contribution in [2.24, 2.45) is 5.73 Å². The zero-order chi connectivity index (χ0) is 37.0. The molecule has 3 aromatic rings. The number of piperidine rings is 1. The second kappa shape index (κ2) is 15.7. The van der Waals surface area contributed by atoms with Crippen molar-refractivity contribution in [1.29, 1.82) is 0 Å². The van der Waals surface area contributed by atoms with Gasteiger partial charge >= 0.3 is 18.1 Å². The maximum absolute atomic E-state index is 16.9. The summed E-state index contributed by atoms with van der Waals surface area (Å²) >= 11 is 0. The second-order valence-corrected chi connectivity index (χ2v) is 14.5. The highest BCUT2D eigenvalue weighted by molar-refractivity contribution is 7.89. The van der Waals surface area contributed by atoms with Crippen LogP contribution in [0.2, 0.25) is 0 Å². The normalized spacial score (nSPS) is 17.1. The van der Waals surface area contributed by atoms with E-state index in [1.807, 2.05) is 6.92 Å². The summed E-state index contributed by atoms with van der Waals surface area (Å²) in [6.07, 6.45) is -0.364. The highest BCUT2D eigenvalue weighted by Gasteiger charge is 2.58. The minimum atomic E-state index is -5.82. The zero-order valence-corrected chi connectivity index (χ0v) is 28.7. The SMILES string of the molecule is CCCCOc1cccc(C(F)(F)[C@H](C(=O)N2CCC(N)CC2)N(OC(=O)C(F)(F)F)S(=O)(=O)c2ccc3cc(OC4CCCC4)ccc3c2)c1. The smallest absolute Gasteiger partial charge is 0.492 e. The number of fused-ring (bicyclic) bond motifs is 1. The highest BCUT2D eigenvalue weighted by atomic mass is 32.2. The summed E-state index contributed by atoms with van der Waals surface area (Å²) < 4.78 is 114. The van der Waals surface area contributed by atoms with E-state index in [1.54, 1.807) is 12.1 Å². The summed E-state index contributed by atoms with van der Waals surface area (Å²) in [7, 11) is -5.61. The Kier molecular flexibility index (Phi) is 11.8. The zero-order valence-electron chi connectivity index (χ0n) is 27.9. The molecule has 1 amide bonds. The molecule has 1 heterocycles. The van der Waals surface area contributed by atoms with E-state index >= 15 is 8.78 Å². The maximum Gasteiger partial charge on any atom is 0.492 e. The second-order valence-electron chi connectivity index (χ2n) is 12.8. The number of hydrogen-bond acceptors (Lipinski definition) is 8. The van der Waals surface area contributed by atoms with Crippen LogP contribution < -0.4 is 15.2 Å². The molecule has 278 valence electrons. The quantitative estimate of drug-likeness (QED) is 0.120. The summed E-state index contributed by atoms with van der Waals surface area (Å²) in [6, 6.07) is 8.59. The molecule has 2 N–H and O–H groups in total. The molecular weight excluding hydrogens is 701 g/mol. The Hall–Kier alpha value is -4.02. The molecule has 16 heteroatoms. The molecule has 5 rings (SSSR count). The Labute approximate surface area is 292 Å². The third-order valence-electron chi connectivity index (χ3n) is 8.95. The van der Waals surface area contributed by atoms with E-state index in [-0.39, 0.29) is 49.8 Å². The standard InChI is InChI=1S/C35H40F5N3O7S/c1-2-3-19-48-28-10-6-7-25(22-28)34(36,37)31(32(44)42-17-15-26(41)16-18-42)43(50-33(45)35(38,39)40)51(46,47)30-14-12-23-20-29(13-11-24(23)21-30)49-27-8-4-5-9-27/h6-7,10-14,20-22,26-27,31H,2-5,8-9,15-19,41H2,1H3/t31-/m0/s1. The molecule has 1 saturated carbocycles. The van der Waals surface area contributed by atoms with Crippen LogP contribution in [0.25, 0.3) is 10.8 Å². The Bertz CT molecular complexity index is 1810. The van der Waals surface area contributed by atoms with Crippen molar-refractivity contribution in [2.45, 2.75) is 93.5 Å². The summed E-state index contributed by atoms with van der Waals surface area (Å²) in [5, 5.41) is 0.735. The van der Waals surface area contributed by atoms with Gasteiger partial charge < -0.3 is 24.9 Å². The van der Waals surface area contributed by atoms with Crippen LogP contribution >= 0.6 is 0 Å². The van der Waals surface area contributed by atoms with Crippen LogP contribution in [-0.4, -0.2) is 73.7 Å². The fourth-order valence-corrected chi connectivity index (χ4v) is 7.46. The number of hydrogen-bond donors (Lipinski definition) is 1. The number of amides is 1. The summed E-state index contributed by atoms with van der Waals surface area (Å²) in [5.74, 6) is -8.81. The largest absolute Gasteiger partial charge is 0.494 e. The summed E-state index contributed by atoms with van der Waals surface area (Å²) in [4.78, 5) is 30.7. The van der Waals surface area contributed by atoms with Gasteiger partial charge in [-0.3, -0.25) is 4.79 Å². The number of benzene rings is 3. The molecule has 0 radical (unpaired) electrons. The van der Waals surface area contributed by atoms with E-state index in [4.69, 9.17) is 15.2 Å². The van der Waals surface area contributed by atoms with Crippen molar-refractivity contribution < 1.29 is 54.3 Å². The maximum atomic E-state index is 16.9. The average Bonchev–Trinajstić information content (AvgIpc) is 3.60. The Morgan fingerprint density at radius 1 is 0.922 bits per heavy atom. The van der Waals surface area contributed by atoms with Crippen LogP contribution in [-0.2, 0) is 30.4 Å². The number of rotatable bonds is 13. The van der Waals surface area contributed by atoms with Crippen LogP contribution in [0.3, 0.4) is 0 Å². The fourth-order valence-electron chi connectivity index (χ4n) is 6.07. The van der Waals surface area contributed by atoms with Crippen molar-refractivity contribution in [2.75, 3.05) is 19.7 Å². The predicted octanol–water partition coefficient (Wildman–Crippen LogP) is 6.46. The molecule has 1 aliphatic carbocycles. The number of carbonyl (C=O) groups excluding carboxylic acids is 2. The number of hydroxylamine groups is 1. The average molecular weight is 742 g/mol. The minimum absolute atomic E-state index is 0.0226. The molecule has 0 spiro atoms. The van der Waals surface area contributed by atoms with Gasteiger partial charge in [0.25, 0.3) is 15.9 Å². The van der Waals surface area contributed by atoms with E-state index in [0.29, 0.717) is 17.6 Å². The number of halogens is 5. The van der Waals surface area contributed by atoms with Crippen molar-refractivity contribution in [1.82, 2.24) is 9.37 Å². The molecule has 1 saturated heterocycles. The molecule has 10 nitrogen and oxygen atoms in total. The Balaban J connectivity index is 1.60. The third-order valence-corrected chi connectivity index (χ3v) is 10.6. The molecule has 51 heavy (non-hydrogen) atoms. The molecule has 2 fully saturated rings. The predicted molar refractivity (Wildman–Crippen MR) is 176 cm³/mol. The number of nitrogens with two attached hydrogens (primary N) is 1. The first kappa shape index (κ1) is 38.2. The summed E-state index contributed by atoms with van der Waals surface area (Å²) in [5.41, 5.74) is 4.96. The Morgan fingerprint density at radius 3 is 2.25 bits per heavy atom. The number of nitrogens with zero attached hydrogens (tertiary/aromatic N) is 2. The monoisotopic (exact) mass is 741 g/mol. The molecule has 2 aliphatic rings. The van der Waals surface area contributed by atoms with Crippen molar-refractivity contribution >= 4 is 32.7 Å². The minimum Gasteiger partial charge on any atom is -0.494 e. The van der Waals surface area contributed by atoms with Gasteiger partial charge in [0.1, 0.15) is 11.5 Å². The van der Waals surface area contributed by atoms with Gasteiger partial charge in [0.05, 0.1) is 17.6 Å². The Morgan fingerprint density at radius 2 is 1.59 bits per heavy atom. The lowest BCUT2D eigenvalue weighted by Gasteiger charge is -2.38. The molecule has 0 aromatic heterocycles. The van der Waals surface area contributed by atoms with Gasteiger partial charge in [0.2, 0.25) is 6.04 Å². The lowest BCUT2D eigenvalue weighted by molar-refractivity contribution is -0.239. The summed E-state index contributed by atoms with van der Waals surface area (Å²) in [6.45, 7) is 1.64. The van der Waals surface area contributed by atoms with Crippen molar-refractivity contribution in [3.63, 3.8) is 0 Å². The number of carbonyl (C=O) groups is 2.